The van der Waals surface area contributed by atoms with E-state index in [0.29, 0.717) is 30.2 Å². The molecule has 188 valence electrons. The zero-order valence-electron chi connectivity index (χ0n) is 20.3. The van der Waals surface area contributed by atoms with E-state index in [0.717, 1.165) is 44.6 Å². The maximum atomic E-state index is 13.6. The Labute approximate surface area is 208 Å². The van der Waals surface area contributed by atoms with Crippen molar-refractivity contribution in [1.29, 1.82) is 0 Å². The van der Waals surface area contributed by atoms with E-state index in [-0.39, 0.29) is 28.5 Å². The predicted octanol–water partition coefficient (Wildman–Crippen LogP) is 1.99. The summed E-state index contributed by atoms with van der Waals surface area (Å²) in [5.74, 6) is 1.69. The molecular formula is C28H32N4O4. The molecule has 3 N–H and O–H groups in total. The van der Waals surface area contributed by atoms with E-state index >= 15 is 0 Å². The summed E-state index contributed by atoms with van der Waals surface area (Å²) >= 11 is 0. The zero-order chi connectivity index (χ0) is 24.4. The number of amides is 1. The molecule has 0 spiro atoms. The molecule has 0 unspecified atom stereocenters. The maximum absolute atomic E-state index is 13.6. The molecule has 0 radical (unpaired) electrons. The molecule has 36 heavy (non-hydrogen) atoms. The second kappa shape index (κ2) is 6.91. The van der Waals surface area contributed by atoms with Crippen LogP contribution in [0.2, 0.25) is 0 Å². The smallest absolute Gasteiger partial charge is 0.326 e. The van der Waals surface area contributed by atoms with E-state index in [9.17, 15) is 19.5 Å². The van der Waals surface area contributed by atoms with Crippen molar-refractivity contribution in [2.45, 2.75) is 62.4 Å². The highest BCUT2D eigenvalue weighted by molar-refractivity contribution is 5.92. The number of rotatable bonds is 3. The molecule has 8 rings (SSSR count). The number of aromatic hydroxyl groups is 1. The monoisotopic (exact) mass is 488 g/mol. The van der Waals surface area contributed by atoms with Gasteiger partial charge in [-0.2, -0.15) is 0 Å². The number of hydrogen-bond acceptors (Lipinski definition) is 5. The molecule has 1 aromatic carbocycles. The van der Waals surface area contributed by atoms with Crippen LogP contribution in [0.15, 0.2) is 33.9 Å². The molecule has 8 heteroatoms. The number of nitrogens with zero attached hydrogens (tertiary/aromatic N) is 2. The Bertz CT molecular complexity index is 1380. The number of carbonyl (C=O) groups excluding carboxylic acids is 1. The Morgan fingerprint density at radius 3 is 2.78 bits per heavy atom. The van der Waals surface area contributed by atoms with Crippen LogP contribution < -0.4 is 11.2 Å². The fraction of sp³-hybridized carbons (Fsp3) is 0.607. The van der Waals surface area contributed by atoms with Crippen LogP contribution >= 0.6 is 0 Å². The average Bonchev–Trinajstić information content (AvgIpc) is 3.53. The Hall–Kier alpha value is -2.87. The topological polar surface area (TPSA) is 109 Å². The van der Waals surface area contributed by atoms with E-state index < -0.39 is 11.2 Å². The van der Waals surface area contributed by atoms with Crippen molar-refractivity contribution in [2.75, 3.05) is 19.6 Å². The largest absolute Gasteiger partial charge is 0.508 e. The highest BCUT2D eigenvalue weighted by Crippen LogP contribution is 2.75. The van der Waals surface area contributed by atoms with Crippen LogP contribution in [0.1, 0.15) is 60.1 Å². The molecule has 3 saturated carbocycles. The lowest BCUT2D eigenvalue weighted by atomic mass is 9.43. The Kier molecular flexibility index (Phi) is 4.08. The van der Waals surface area contributed by atoms with Crippen molar-refractivity contribution >= 4 is 5.91 Å². The van der Waals surface area contributed by atoms with Crippen molar-refractivity contribution in [3.8, 4) is 5.75 Å². The van der Waals surface area contributed by atoms with Crippen LogP contribution in [0.4, 0.5) is 0 Å². The van der Waals surface area contributed by atoms with Gasteiger partial charge in [0, 0.05) is 36.7 Å². The van der Waals surface area contributed by atoms with Gasteiger partial charge in [0.2, 0.25) is 0 Å². The molecule has 2 aliphatic heterocycles. The Balaban J connectivity index is 1.24. The Morgan fingerprint density at radius 1 is 1.11 bits per heavy atom. The van der Waals surface area contributed by atoms with E-state index in [4.69, 9.17) is 0 Å². The maximum Gasteiger partial charge on any atom is 0.326 e. The molecule has 4 aliphatic carbocycles. The van der Waals surface area contributed by atoms with Crippen LogP contribution in [0.5, 0.6) is 5.75 Å². The normalized spacial score (nSPS) is 38.1. The Morgan fingerprint density at radius 2 is 1.97 bits per heavy atom. The first-order valence-electron chi connectivity index (χ1n) is 13.6. The van der Waals surface area contributed by atoms with E-state index in [1.807, 2.05) is 17.0 Å². The van der Waals surface area contributed by atoms with Crippen LogP contribution in [0.25, 0.3) is 0 Å². The number of hydrogen-bond donors (Lipinski definition) is 3. The van der Waals surface area contributed by atoms with Crippen molar-refractivity contribution in [3.05, 3.63) is 61.9 Å². The van der Waals surface area contributed by atoms with E-state index in [2.05, 4.69) is 20.9 Å². The molecule has 5 fully saturated rings. The molecule has 3 heterocycles. The number of H-pyrrole nitrogens is 2. The first-order chi connectivity index (χ1) is 17.4. The molecule has 1 aromatic heterocycles. The minimum absolute atomic E-state index is 0.0335. The number of piperidine rings is 1. The number of fused-ring (bicyclic) bond motifs is 1. The second-order valence-electron chi connectivity index (χ2n) is 12.4. The predicted molar refractivity (Wildman–Crippen MR) is 132 cm³/mol. The minimum Gasteiger partial charge on any atom is -0.508 e. The highest BCUT2D eigenvalue weighted by Gasteiger charge is 2.76. The summed E-state index contributed by atoms with van der Waals surface area (Å²) in [6.45, 7) is 2.98. The van der Waals surface area contributed by atoms with Gasteiger partial charge >= 0.3 is 5.69 Å². The lowest BCUT2D eigenvalue weighted by Crippen LogP contribution is -2.70. The number of aromatic amines is 2. The number of benzene rings is 1. The third-order valence-corrected chi connectivity index (χ3v) is 11.0. The quantitative estimate of drug-likeness (QED) is 0.612. The number of phenols is 1. The van der Waals surface area contributed by atoms with Crippen LogP contribution in [-0.4, -0.2) is 62.5 Å². The van der Waals surface area contributed by atoms with Gasteiger partial charge in [0.1, 0.15) is 11.4 Å². The summed E-state index contributed by atoms with van der Waals surface area (Å²) in [6, 6.07) is 7.86. The van der Waals surface area contributed by atoms with Gasteiger partial charge in [-0.25, -0.2) is 4.79 Å². The molecule has 2 saturated heterocycles. The molecule has 2 aromatic rings. The van der Waals surface area contributed by atoms with Gasteiger partial charge in [-0.05, 0) is 97.9 Å². The summed E-state index contributed by atoms with van der Waals surface area (Å²) in [5.41, 5.74) is 1.75. The van der Waals surface area contributed by atoms with Crippen LogP contribution in [-0.2, 0) is 11.8 Å². The standard InChI is InChI=1S/C28H32N4O4/c33-18-4-3-16-9-22-27-6-5-21-24(28(27,19(16)10-18)7-8-31(22)13-15-1-2-15)17(12-27)14-32(21)25(35)20-11-23(34)30-26(36)29-20/h3-4,10-11,15,17,21-22,24,33H,1-2,5-9,12-14H2,(H2,29,30,34,36)/t17-,21-,22-,24-,27-,28+/m1/s1. The van der Waals surface area contributed by atoms with E-state index in [1.54, 1.807) is 0 Å². The molecule has 6 atom stereocenters. The summed E-state index contributed by atoms with van der Waals surface area (Å²) in [6.07, 6.45) is 8.02. The SMILES string of the molecule is O=C(c1cc(=O)[nH]c(=O)[nH]1)N1C[C@H]2C[C@@]34CC[C@@H]1[C@@H]2[C@@]31CCN(CC2CC2)[C@@H]4Cc2ccc(O)cc21. The van der Waals surface area contributed by atoms with E-state index in [1.165, 1.54) is 36.6 Å². The third kappa shape index (κ3) is 2.56. The number of nitrogens with one attached hydrogen (secondary N) is 2. The fourth-order valence-electron chi connectivity index (χ4n) is 9.92. The minimum atomic E-state index is -0.644. The summed E-state index contributed by atoms with van der Waals surface area (Å²) in [4.78, 5) is 46.9. The van der Waals surface area contributed by atoms with Crippen molar-refractivity contribution < 1.29 is 9.90 Å². The summed E-state index contributed by atoms with van der Waals surface area (Å²) in [5, 5.41) is 10.6. The number of phenolic OH excluding ortho intramolecular Hbond substituents is 1. The molecular weight excluding hydrogens is 456 g/mol. The summed E-state index contributed by atoms with van der Waals surface area (Å²) < 4.78 is 0. The van der Waals surface area contributed by atoms with Crippen molar-refractivity contribution in [2.24, 2.45) is 23.2 Å². The van der Waals surface area contributed by atoms with Gasteiger partial charge in [0.15, 0.2) is 0 Å². The summed E-state index contributed by atoms with van der Waals surface area (Å²) in [7, 11) is 0. The molecule has 6 aliphatic rings. The van der Waals surface area contributed by atoms with Gasteiger partial charge < -0.3 is 15.0 Å². The average molecular weight is 489 g/mol. The third-order valence-electron chi connectivity index (χ3n) is 11.0. The van der Waals surface area contributed by atoms with Gasteiger partial charge in [-0.15, -0.1) is 0 Å². The fourth-order valence-corrected chi connectivity index (χ4v) is 9.92. The number of carbonyl (C=O) groups is 1. The first-order valence-corrected chi connectivity index (χ1v) is 13.6. The van der Waals surface area contributed by atoms with Gasteiger partial charge in [0.25, 0.3) is 11.5 Å². The van der Waals surface area contributed by atoms with Gasteiger partial charge in [0.05, 0.1) is 0 Å². The van der Waals surface area contributed by atoms with Gasteiger partial charge in [-0.1, -0.05) is 6.07 Å². The number of likely N-dealkylation sites (tertiary alicyclic amines) is 2. The van der Waals surface area contributed by atoms with Crippen LogP contribution in [0.3, 0.4) is 0 Å². The van der Waals surface area contributed by atoms with Crippen molar-refractivity contribution in [1.82, 2.24) is 19.8 Å². The van der Waals surface area contributed by atoms with Crippen molar-refractivity contribution in [3.63, 3.8) is 0 Å². The highest BCUT2D eigenvalue weighted by atomic mass is 16.3. The second-order valence-corrected chi connectivity index (χ2v) is 12.4. The molecule has 1 amide bonds. The molecule has 4 bridgehead atoms. The number of aromatic nitrogens is 2. The van der Waals surface area contributed by atoms with Gasteiger partial charge in [-0.3, -0.25) is 19.5 Å². The first kappa shape index (κ1) is 21.2. The lowest BCUT2D eigenvalue weighted by molar-refractivity contribution is -0.102. The molecule has 8 nitrogen and oxygen atoms in total. The van der Waals surface area contributed by atoms with Crippen LogP contribution in [0, 0.1) is 23.2 Å². The zero-order valence-corrected chi connectivity index (χ0v) is 20.3. The lowest BCUT2D eigenvalue weighted by Gasteiger charge is -2.66.